The smallest absolute Gasteiger partial charge is 0.230 e. The molecule has 138 valence electrons. The van der Waals surface area contributed by atoms with Crippen molar-refractivity contribution in [3.8, 4) is 5.75 Å². The molecule has 3 nitrogen and oxygen atoms in total. The van der Waals surface area contributed by atoms with Crippen molar-refractivity contribution in [3.05, 3.63) is 58.1 Å². The van der Waals surface area contributed by atoms with Crippen LogP contribution in [0.15, 0.2) is 30.3 Å². The average Bonchev–Trinajstić information content (AvgIpc) is 2.97. The summed E-state index contributed by atoms with van der Waals surface area (Å²) in [6.45, 7) is 9.79. The summed E-state index contributed by atoms with van der Waals surface area (Å²) < 4.78 is 12.1. The Morgan fingerprint density at radius 3 is 2.46 bits per heavy atom. The third-order valence-electron chi connectivity index (χ3n) is 5.07. The molecular weight excluding hydrogens is 362 g/mol. The zero-order valence-electron chi connectivity index (χ0n) is 15.9. The molecule has 0 aliphatic carbocycles. The van der Waals surface area contributed by atoms with Crippen LogP contribution in [-0.4, -0.2) is 16.7 Å². The molecule has 0 spiro atoms. The van der Waals surface area contributed by atoms with Gasteiger partial charge in [-0.15, -0.1) is 8.19 Å². The van der Waals surface area contributed by atoms with Gasteiger partial charge in [0.05, 0.1) is 5.04 Å². The van der Waals surface area contributed by atoms with E-state index in [1.807, 2.05) is 12.1 Å². The molecule has 0 bridgehead atoms. The van der Waals surface area contributed by atoms with Crippen LogP contribution in [0.2, 0.25) is 0 Å². The van der Waals surface area contributed by atoms with Gasteiger partial charge in [-0.3, -0.25) is 4.57 Å². The Morgan fingerprint density at radius 2 is 1.85 bits per heavy atom. The fourth-order valence-electron chi connectivity index (χ4n) is 3.52. The van der Waals surface area contributed by atoms with Crippen molar-refractivity contribution in [2.45, 2.75) is 40.0 Å². The quantitative estimate of drug-likeness (QED) is 0.586. The molecule has 2 atom stereocenters. The van der Waals surface area contributed by atoms with Gasteiger partial charge in [-0.25, -0.2) is 0 Å². The predicted octanol–water partition coefficient (Wildman–Crippen LogP) is 5.43. The zero-order chi connectivity index (χ0) is 19.2. The molecule has 3 rings (SSSR count). The Bertz CT molecular complexity index is 1030. The topological polar surface area (TPSA) is 57.5 Å². The van der Waals surface area contributed by atoms with E-state index in [-0.39, 0.29) is 14.1 Å². The first-order valence-electron chi connectivity index (χ1n) is 8.82. The number of hydrogen-bond acceptors (Lipinski definition) is 2. The second kappa shape index (κ2) is 6.89. The summed E-state index contributed by atoms with van der Waals surface area (Å²) in [6, 6.07) is 9.93. The minimum absolute atomic E-state index is 0.270. The first kappa shape index (κ1) is 19.2. The second-order valence-corrected chi connectivity index (χ2v) is 11.5. The lowest BCUT2D eigenvalue weighted by Crippen LogP contribution is -1.98. The Labute approximate surface area is 156 Å². The molecule has 0 saturated heterocycles. The van der Waals surface area contributed by atoms with Crippen LogP contribution in [0.1, 0.15) is 47.6 Å². The Morgan fingerprint density at radius 1 is 1.15 bits per heavy atom. The average molecular weight is 388 g/mol. The van der Waals surface area contributed by atoms with E-state index in [9.17, 15) is 14.6 Å². The van der Waals surface area contributed by atoms with Gasteiger partial charge in [-0.2, -0.15) is 0 Å². The van der Waals surface area contributed by atoms with Crippen molar-refractivity contribution in [2.75, 3.05) is 6.66 Å². The van der Waals surface area contributed by atoms with Crippen molar-refractivity contribution in [2.24, 2.45) is 0 Å². The lowest BCUT2D eigenvalue weighted by Gasteiger charge is -2.14. The van der Waals surface area contributed by atoms with Crippen LogP contribution in [0, 0.1) is 13.8 Å². The standard InChI is InChI=1S/C21H26O3P2/c1-12(2)16-9-15(6-7-19(16)22)10-17-13(3)8-20-18(14(17)4)11-21(25-20)26(5,23)24/h6-9,11-12,22,25H,10H2,1-5H3,(H,23,24). The summed E-state index contributed by atoms with van der Waals surface area (Å²) >= 11 is 0. The van der Waals surface area contributed by atoms with E-state index in [0.29, 0.717) is 10.8 Å². The highest BCUT2D eigenvalue weighted by atomic mass is 31.2. The lowest BCUT2D eigenvalue weighted by atomic mass is 9.92. The predicted molar refractivity (Wildman–Crippen MR) is 113 cm³/mol. The van der Waals surface area contributed by atoms with Crippen LogP contribution >= 0.6 is 15.6 Å². The molecule has 0 saturated carbocycles. The summed E-state index contributed by atoms with van der Waals surface area (Å²) in [6.07, 6.45) is 0.792. The highest BCUT2D eigenvalue weighted by Gasteiger charge is 2.19. The maximum absolute atomic E-state index is 12.1. The molecule has 1 aromatic heterocycles. The third kappa shape index (κ3) is 3.62. The monoisotopic (exact) mass is 388 g/mol. The summed E-state index contributed by atoms with van der Waals surface area (Å²) in [5, 5.41) is 13.0. The molecule has 0 amide bonds. The van der Waals surface area contributed by atoms with E-state index in [4.69, 9.17) is 0 Å². The zero-order valence-corrected chi connectivity index (χ0v) is 17.8. The summed E-state index contributed by atoms with van der Waals surface area (Å²) in [4.78, 5) is 9.93. The van der Waals surface area contributed by atoms with Crippen molar-refractivity contribution in [3.63, 3.8) is 0 Å². The molecule has 5 heteroatoms. The van der Waals surface area contributed by atoms with Crippen LogP contribution in [0.4, 0.5) is 0 Å². The maximum atomic E-state index is 12.1. The Hall–Kier alpha value is -1.53. The fourth-order valence-corrected chi connectivity index (χ4v) is 6.25. The van der Waals surface area contributed by atoms with E-state index in [1.165, 1.54) is 34.0 Å². The molecule has 2 unspecified atom stereocenters. The van der Waals surface area contributed by atoms with Gasteiger partial charge in [-0.05, 0) is 82.7 Å². The van der Waals surface area contributed by atoms with Crippen molar-refractivity contribution in [1.29, 1.82) is 0 Å². The fraction of sp³-hybridized carbons (Fsp3) is 0.333. The normalized spacial score (nSPS) is 14.4. The largest absolute Gasteiger partial charge is 0.508 e. The molecule has 2 N–H and O–H groups in total. The number of benzene rings is 2. The van der Waals surface area contributed by atoms with E-state index in [0.717, 1.165) is 17.4 Å². The van der Waals surface area contributed by atoms with Gasteiger partial charge in [0, 0.05) is 6.66 Å². The summed E-state index contributed by atoms with van der Waals surface area (Å²) in [7, 11) is -2.90. The Kier molecular flexibility index (Phi) is 5.10. The molecule has 0 aliphatic heterocycles. The van der Waals surface area contributed by atoms with Gasteiger partial charge in [0.25, 0.3) is 0 Å². The maximum Gasteiger partial charge on any atom is 0.230 e. The van der Waals surface area contributed by atoms with Gasteiger partial charge in [-0.1, -0.05) is 26.0 Å². The van der Waals surface area contributed by atoms with Gasteiger partial charge < -0.3 is 10.00 Å². The van der Waals surface area contributed by atoms with Gasteiger partial charge in [0.2, 0.25) is 7.37 Å². The van der Waals surface area contributed by atoms with Crippen LogP contribution in [0.5, 0.6) is 5.75 Å². The van der Waals surface area contributed by atoms with E-state index < -0.39 is 7.37 Å². The summed E-state index contributed by atoms with van der Waals surface area (Å²) in [5.74, 6) is 0.619. The molecular formula is C21H26O3P2. The minimum Gasteiger partial charge on any atom is -0.508 e. The summed E-state index contributed by atoms with van der Waals surface area (Å²) in [5.41, 5.74) is 5.80. The van der Waals surface area contributed by atoms with E-state index in [2.05, 4.69) is 39.8 Å². The van der Waals surface area contributed by atoms with Crippen molar-refractivity contribution >= 4 is 31.1 Å². The highest BCUT2D eigenvalue weighted by Crippen LogP contribution is 2.43. The molecule has 2 aromatic carbocycles. The number of aryl methyl sites for hydroxylation is 2. The van der Waals surface area contributed by atoms with E-state index >= 15 is 0 Å². The lowest BCUT2D eigenvalue weighted by molar-refractivity contribution is 0.464. The Balaban J connectivity index is 2.08. The van der Waals surface area contributed by atoms with Crippen LogP contribution in [-0.2, 0) is 11.0 Å². The highest BCUT2D eigenvalue weighted by molar-refractivity contribution is 7.75. The number of rotatable bonds is 4. The number of hydrogen-bond donors (Lipinski definition) is 2. The number of fused-ring (bicyclic) bond motifs is 1. The van der Waals surface area contributed by atoms with Crippen LogP contribution < -0.4 is 5.04 Å². The number of phenols is 1. The van der Waals surface area contributed by atoms with Crippen LogP contribution in [0.3, 0.4) is 0 Å². The molecule has 3 aromatic rings. The van der Waals surface area contributed by atoms with E-state index in [1.54, 1.807) is 6.07 Å². The molecule has 26 heavy (non-hydrogen) atoms. The second-order valence-electron chi connectivity index (χ2n) is 7.52. The number of aromatic hydroxyl groups is 1. The van der Waals surface area contributed by atoms with Gasteiger partial charge in [0.15, 0.2) is 0 Å². The molecule has 0 radical (unpaired) electrons. The van der Waals surface area contributed by atoms with Crippen molar-refractivity contribution < 1.29 is 14.6 Å². The van der Waals surface area contributed by atoms with Gasteiger partial charge >= 0.3 is 0 Å². The van der Waals surface area contributed by atoms with Crippen molar-refractivity contribution in [1.82, 2.24) is 0 Å². The first-order chi connectivity index (χ1) is 12.1. The molecule has 0 fully saturated rings. The molecule has 0 aliphatic rings. The SMILES string of the molecule is Cc1cc2[pH]c(P(C)(=O)O)cc2c(C)c1Cc1ccc(O)c(C(C)C)c1. The molecule has 1 heterocycles. The van der Waals surface area contributed by atoms with Gasteiger partial charge in [0.1, 0.15) is 5.75 Å². The minimum atomic E-state index is -3.19. The number of phenolic OH excluding ortho intramolecular Hbond substituents is 1. The van der Waals surface area contributed by atoms with Crippen LogP contribution in [0.25, 0.3) is 10.5 Å². The third-order valence-corrected chi connectivity index (χ3v) is 8.76. The first-order valence-corrected chi connectivity index (χ1v) is 11.9.